The monoisotopic (exact) mass is 216 g/mol. The van der Waals surface area contributed by atoms with E-state index in [0.717, 1.165) is 5.69 Å². The number of rotatable bonds is 2. The summed E-state index contributed by atoms with van der Waals surface area (Å²) in [5.41, 5.74) is 2.32. The fourth-order valence-corrected chi connectivity index (χ4v) is 2.52. The summed E-state index contributed by atoms with van der Waals surface area (Å²) in [7, 11) is 0.269. The summed E-state index contributed by atoms with van der Waals surface area (Å²) in [5, 5.41) is 0. The lowest BCUT2D eigenvalue weighted by molar-refractivity contribution is 1.29. The van der Waals surface area contributed by atoms with Crippen LogP contribution < -0.4 is 0 Å². The Bertz CT molecular complexity index is 437. The van der Waals surface area contributed by atoms with Gasteiger partial charge in [-0.05, 0) is 24.3 Å². The van der Waals surface area contributed by atoms with E-state index < -0.39 is 0 Å². The molecular weight excluding hydrogens is 202 g/mol. The Labute approximate surface area is 93.5 Å². The first kappa shape index (κ1) is 10.2. The van der Waals surface area contributed by atoms with Crippen LogP contribution in [0.15, 0.2) is 53.6 Å². The molecule has 2 aromatic rings. The Kier molecular flexibility index (Phi) is 3.07. The third-order valence-electron chi connectivity index (χ3n) is 2.27. The SMILES string of the molecule is C[S+](C)c1ccccc1-c1ccccn1. The summed E-state index contributed by atoms with van der Waals surface area (Å²) < 4.78 is 0. The van der Waals surface area contributed by atoms with Gasteiger partial charge in [-0.2, -0.15) is 0 Å². The third-order valence-corrected chi connectivity index (χ3v) is 3.50. The van der Waals surface area contributed by atoms with Crippen molar-refractivity contribution < 1.29 is 0 Å². The minimum Gasteiger partial charge on any atom is -0.256 e. The minimum absolute atomic E-state index is 0.269. The van der Waals surface area contributed by atoms with E-state index in [9.17, 15) is 0 Å². The molecule has 0 atom stereocenters. The molecule has 0 unspecified atom stereocenters. The van der Waals surface area contributed by atoms with Crippen LogP contribution in [0.3, 0.4) is 0 Å². The van der Waals surface area contributed by atoms with Crippen LogP contribution in [-0.4, -0.2) is 17.5 Å². The Balaban J connectivity index is 2.53. The van der Waals surface area contributed by atoms with Gasteiger partial charge in [-0.25, -0.2) is 0 Å². The zero-order valence-electron chi connectivity index (χ0n) is 8.97. The van der Waals surface area contributed by atoms with Crippen LogP contribution in [0.5, 0.6) is 0 Å². The fourth-order valence-electron chi connectivity index (χ4n) is 1.56. The Morgan fingerprint density at radius 3 is 2.33 bits per heavy atom. The molecule has 0 aliphatic rings. The molecule has 0 aliphatic heterocycles. The van der Waals surface area contributed by atoms with Crippen LogP contribution in [0, 0.1) is 0 Å². The first-order valence-corrected chi connectivity index (χ1v) is 6.91. The molecule has 0 saturated carbocycles. The van der Waals surface area contributed by atoms with Crippen molar-refractivity contribution in [2.24, 2.45) is 0 Å². The second-order valence-electron chi connectivity index (χ2n) is 3.53. The highest BCUT2D eigenvalue weighted by Crippen LogP contribution is 2.25. The Hall–Kier alpha value is -1.28. The van der Waals surface area contributed by atoms with Gasteiger partial charge in [0.1, 0.15) is 12.5 Å². The average molecular weight is 216 g/mol. The highest BCUT2D eigenvalue weighted by Gasteiger charge is 2.15. The number of pyridine rings is 1. The van der Waals surface area contributed by atoms with Gasteiger partial charge in [-0.15, -0.1) is 0 Å². The van der Waals surface area contributed by atoms with Gasteiger partial charge in [0.2, 0.25) is 0 Å². The van der Waals surface area contributed by atoms with E-state index in [1.165, 1.54) is 10.5 Å². The van der Waals surface area contributed by atoms with Crippen LogP contribution in [0.2, 0.25) is 0 Å². The van der Waals surface area contributed by atoms with Crippen molar-refractivity contribution in [1.29, 1.82) is 0 Å². The Morgan fingerprint density at radius 2 is 1.67 bits per heavy atom. The summed E-state index contributed by atoms with van der Waals surface area (Å²) in [6.07, 6.45) is 6.32. The van der Waals surface area contributed by atoms with Crippen molar-refractivity contribution in [3.63, 3.8) is 0 Å². The largest absolute Gasteiger partial charge is 0.256 e. The van der Waals surface area contributed by atoms with Crippen LogP contribution in [0.25, 0.3) is 11.3 Å². The summed E-state index contributed by atoms with van der Waals surface area (Å²) in [6, 6.07) is 14.5. The zero-order valence-corrected chi connectivity index (χ0v) is 9.79. The number of hydrogen-bond acceptors (Lipinski definition) is 1. The van der Waals surface area contributed by atoms with Gasteiger partial charge >= 0.3 is 0 Å². The second kappa shape index (κ2) is 4.49. The molecule has 0 N–H and O–H groups in total. The molecule has 1 nitrogen and oxygen atoms in total. The van der Waals surface area contributed by atoms with E-state index >= 15 is 0 Å². The molecule has 0 fully saturated rings. The van der Waals surface area contributed by atoms with Gasteiger partial charge in [0.25, 0.3) is 0 Å². The molecule has 2 rings (SSSR count). The molecular formula is C13H14NS+. The predicted molar refractivity (Wildman–Crippen MR) is 67.2 cm³/mol. The maximum atomic E-state index is 4.40. The molecule has 0 bridgehead atoms. The second-order valence-corrected chi connectivity index (χ2v) is 5.60. The molecule has 0 amide bonds. The van der Waals surface area contributed by atoms with E-state index in [0.29, 0.717) is 0 Å². The molecule has 0 spiro atoms. The maximum Gasteiger partial charge on any atom is 0.163 e. The first-order chi connectivity index (χ1) is 7.29. The van der Waals surface area contributed by atoms with Crippen molar-refractivity contribution in [1.82, 2.24) is 4.98 Å². The van der Waals surface area contributed by atoms with E-state index in [1.54, 1.807) is 0 Å². The standard InChI is InChI=1S/C13H14NS/c1-15(2)13-9-4-3-7-11(13)12-8-5-6-10-14-12/h3-10H,1-2H3/q+1. The van der Waals surface area contributed by atoms with Gasteiger partial charge in [-0.3, -0.25) is 4.98 Å². The quantitative estimate of drug-likeness (QED) is 0.703. The van der Waals surface area contributed by atoms with Crippen LogP contribution in [-0.2, 0) is 10.9 Å². The van der Waals surface area contributed by atoms with Gasteiger partial charge in [0.05, 0.1) is 11.3 Å². The summed E-state index contributed by atoms with van der Waals surface area (Å²) in [5.74, 6) is 0. The number of benzene rings is 1. The minimum atomic E-state index is 0.269. The van der Waals surface area contributed by atoms with Crippen LogP contribution >= 0.6 is 0 Å². The number of nitrogens with zero attached hydrogens (tertiary/aromatic N) is 1. The molecule has 0 aliphatic carbocycles. The summed E-state index contributed by atoms with van der Waals surface area (Å²) in [6.45, 7) is 0. The van der Waals surface area contributed by atoms with Gasteiger partial charge in [0, 0.05) is 17.1 Å². The zero-order chi connectivity index (χ0) is 10.7. The molecule has 76 valence electrons. The van der Waals surface area contributed by atoms with Crippen molar-refractivity contribution in [2.45, 2.75) is 4.90 Å². The fraction of sp³-hybridized carbons (Fsp3) is 0.154. The third kappa shape index (κ3) is 2.21. The lowest BCUT2D eigenvalue weighted by Gasteiger charge is -2.04. The lowest BCUT2D eigenvalue weighted by atomic mass is 10.1. The molecule has 2 heteroatoms. The molecule has 0 radical (unpaired) electrons. The smallest absolute Gasteiger partial charge is 0.163 e. The summed E-state index contributed by atoms with van der Waals surface area (Å²) >= 11 is 0. The van der Waals surface area contributed by atoms with Crippen LogP contribution in [0.1, 0.15) is 0 Å². The average Bonchev–Trinajstić information content (AvgIpc) is 2.30. The molecule has 1 aromatic carbocycles. The number of aromatic nitrogens is 1. The summed E-state index contributed by atoms with van der Waals surface area (Å²) in [4.78, 5) is 5.78. The highest BCUT2D eigenvalue weighted by atomic mass is 32.2. The molecule has 0 saturated heterocycles. The maximum absolute atomic E-state index is 4.40. The normalized spacial score (nSPS) is 10.6. The van der Waals surface area contributed by atoms with Crippen molar-refractivity contribution >= 4 is 10.9 Å². The van der Waals surface area contributed by atoms with Gasteiger partial charge < -0.3 is 0 Å². The van der Waals surface area contributed by atoms with Gasteiger partial charge in [-0.1, -0.05) is 18.2 Å². The predicted octanol–water partition coefficient (Wildman–Crippen LogP) is 2.99. The topological polar surface area (TPSA) is 12.9 Å². The van der Waals surface area contributed by atoms with Crippen molar-refractivity contribution in [3.8, 4) is 11.3 Å². The van der Waals surface area contributed by atoms with Gasteiger partial charge in [0.15, 0.2) is 4.90 Å². The highest BCUT2D eigenvalue weighted by molar-refractivity contribution is 7.95. The van der Waals surface area contributed by atoms with Crippen LogP contribution in [0.4, 0.5) is 0 Å². The first-order valence-electron chi connectivity index (χ1n) is 4.87. The van der Waals surface area contributed by atoms with E-state index in [-0.39, 0.29) is 10.9 Å². The van der Waals surface area contributed by atoms with E-state index in [1.807, 2.05) is 18.3 Å². The van der Waals surface area contributed by atoms with Crippen molar-refractivity contribution in [3.05, 3.63) is 48.7 Å². The van der Waals surface area contributed by atoms with Crippen molar-refractivity contribution in [2.75, 3.05) is 12.5 Å². The lowest BCUT2D eigenvalue weighted by Crippen LogP contribution is -1.98. The van der Waals surface area contributed by atoms with E-state index in [4.69, 9.17) is 0 Å². The Morgan fingerprint density at radius 1 is 0.933 bits per heavy atom. The van der Waals surface area contributed by atoms with E-state index in [2.05, 4.69) is 47.8 Å². The number of hydrogen-bond donors (Lipinski definition) is 0. The molecule has 1 heterocycles. The molecule has 15 heavy (non-hydrogen) atoms. The molecule has 1 aromatic heterocycles.